The van der Waals surface area contributed by atoms with Crippen molar-refractivity contribution >= 4 is 11.9 Å². The number of nitrogens with zero attached hydrogens (tertiary/aromatic N) is 1. The number of urea groups is 1. The molecule has 0 aromatic carbocycles. The molecule has 1 atom stereocenters. The molecule has 2 fully saturated rings. The fourth-order valence-corrected chi connectivity index (χ4v) is 2.63. The summed E-state index contributed by atoms with van der Waals surface area (Å²) in [6.07, 6.45) is 6.27. The summed E-state index contributed by atoms with van der Waals surface area (Å²) in [5.41, 5.74) is 0. The number of furan rings is 1. The van der Waals surface area contributed by atoms with Gasteiger partial charge in [0.25, 0.3) is 0 Å². The molecule has 6 heteroatoms. The Balaban J connectivity index is 1.62. The van der Waals surface area contributed by atoms with Gasteiger partial charge in [-0.1, -0.05) is 0 Å². The van der Waals surface area contributed by atoms with Gasteiger partial charge in [0.1, 0.15) is 11.8 Å². The molecule has 1 aromatic heterocycles. The van der Waals surface area contributed by atoms with Crippen LogP contribution in [0.4, 0.5) is 4.79 Å². The van der Waals surface area contributed by atoms with Crippen molar-refractivity contribution in [2.24, 2.45) is 0 Å². The second-order valence-electron chi connectivity index (χ2n) is 5.73. The van der Waals surface area contributed by atoms with E-state index in [2.05, 4.69) is 10.6 Å². The molecule has 2 N–H and O–H groups in total. The highest BCUT2D eigenvalue weighted by atomic mass is 16.3. The van der Waals surface area contributed by atoms with E-state index in [1.54, 1.807) is 11.2 Å². The number of rotatable bonds is 4. The van der Waals surface area contributed by atoms with Crippen LogP contribution in [0.25, 0.3) is 0 Å². The lowest BCUT2D eigenvalue weighted by molar-refractivity contribution is -0.122. The zero-order chi connectivity index (χ0) is 14.7. The molecule has 3 amide bonds. The van der Waals surface area contributed by atoms with Gasteiger partial charge in [-0.25, -0.2) is 4.79 Å². The molecule has 1 saturated carbocycles. The molecular formula is C15H21N3O3. The topological polar surface area (TPSA) is 74.6 Å². The van der Waals surface area contributed by atoms with Crippen LogP contribution in [0, 0.1) is 0 Å². The lowest BCUT2D eigenvalue weighted by atomic mass is 10.1. The molecule has 2 aliphatic rings. The van der Waals surface area contributed by atoms with Crippen LogP contribution in [0.1, 0.15) is 37.9 Å². The average molecular weight is 291 g/mol. The maximum absolute atomic E-state index is 12.5. The van der Waals surface area contributed by atoms with E-state index in [-0.39, 0.29) is 18.0 Å². The van der Waals surface area contributed by atoms with Gasteiger partial charge >= 0.3 is 6.03 Å². The second-order valence-corrected chi connectivity index (χ2v) is 5.73. The zero-order valence-electron chi connectivity index (χ0n) is 12.0. The molecule has 0 spiro atoms. The van der Waals surface area contributed by atoms with Crippen LogP contribution in [0.5, 0.6) is 0 Å². The van der Waals surface area contributed by atoms with E-state index in [0.717, 1.165) is 31.4 Å². The summed E-state index contributed by atoms with van der Waals surface area (Å²) in [5.74, 6) is 0.692. The Kier molecular flexibility index (Phi) is 4.13. The lowest BCUT2D eigenvalue weighted by Gasteiger charge is -2.24. The number of amides is 3. The standard InChI is InChI=1S/C15H21N3O3/c19-14-13(5-1-2-8-16-14)17-15(20)18(11-6-7-11)10-12-4-3-9-21-12/h3-4,9,11,13H,1-2,5-8,10H2,(H,16,19)(H,17,20)/t13-/m0/s1. The third kappa shape index (κ3) is 3.56. The van der Waals surface area contributed by atoms with E-state index in [4.69, 9.17) is 4.42 Å². The summed E-state index contributed by atoms with van der Waals surface area (Å²) in [6, 6.07) is 3.36. The monoisotopic (exact) mass is 291 g/mol. The van der Waals surface area contributed by atoms with Crippen molar-refractivity contribution < 1.29 is 14.0 Å². The first-order valence-electron chi connectivity index (χ1n) is 7.61. The van der Waals surface area contributed by atoms with Gasteiger partial charge in [-0.15, -0.1) is 0 Å². The van der Waals surface area contributed by atoms with Crippen molar-refractivity contribution in [3.05, 3.63) is 24.2 Å². The van der Waals surface area contributed by atoms with E-state index in [1.807, 2.05) is 12.1 Å². The summed E-state index contributed by atoms with van der Waals surface area (Å²) in [5, 5.41) is 5.71. The fourth-order valence-electron chi connectivity index (χ4n) is 2.63. The summed E-state index contributed by atoms with van der Waals surface area (Å²) in [6.45, 7) is 1.15. The van der Waals surface area contributed by atoms with E-state index >= 15 is 0 Å². The Morgan fingerprint density at radius 2 is 2.24 bits per heavy atom. The number of hydrogen-bond acceptors (Lipinski definition) is 3. The van der Waals surface area contributed by atoms with Crippen LogP contribution < -0.4 is 10.6 Å². The molecule has 3 rings (SSSR count). The molecule has 0 bridgehead atoms. The molecule has 6 nitrogen and oxygen atoms in total. The number of carbonyl (C=O) groups excluding carboxylic acids is 2. The average Bonchev–Trinajstić information content (AvgIpc) is 3.22. The maximum atomic E-state index is 12.5. The highest BCUT2D eigenvalue weighted by Gasteiger charge is 2.35. The van der Waals surface area contributed by atoms with Gasteiger partial charge in [0, 0.05) is 12.6 Å². The SMILES string of the molecule is O=C1NCCCC[C@@H]1NC(=O)N(Cc1ccco1)C1CC1. The van der Waals surface area contributed by atoms with E-state index in [0.29, 0.717) is 19.5 Å². The Labute approximate surface area is 123 Å². The molecule has 1 aliphatic heterocycles. The summed E-state index contributed by atoms with van der Waals surface area (Å²) < 4.78 is 5.32. The van der Waals surface area contributed by atoms with Gasteiger partial charge in [-0.2, -0.15) is 0 Å². The van der Waals surface area contributed by atoms with Gasteiger partial charge in [-0.3, -0.25) is 4.79 Å². The number of carbonyl (C=O) groups is 2. The Hall–Kier alpha value is -1.98. The van der Waals surface area contributed by atoms with Crippen molar-refractivity contribution in [3.63, 3.8) is 0 Å². The van der Waals surface area contributed by atoms with Gasteiger partial charge in [0.05, 0.1) is 12.8 Å². The van der Waals surface area contributed by atoms with Crippen molar-refractivity contribution in [1.29, 1.82) is 0 Å². The summed E-state index contributed by atoms with van der Waals surface area (Å²) in [7, 11) is 0. The molecule has 114 valence electrons. The normalized spacial score (nSPS) is 22.3. The zero-order valence-corrected chi connectivity index (χ0v) is 12.0. The minimum absolute atomic E-state index is 0.0744. The van der Waals surface area contributed by atoms with Crippen LogP contribution in [0.2, 0.25) is 0 Å². The molecule has 1 aliphatic carbocycles. The lowest BCUT2D eigenvalue weighted by Crippen LogP contribution is -2.50. The van der Waals surface area contributed by atoms with E-state index in [9.17, 15) is 9.59 Å². The Morgan fingerprint density at radius 3 is 2.95 bits per heavy atom. The van der Waals surface area contributed by atoms with Crippen LogP contribution >= 0.6 is 0 Å². The first kappa shape index (κ1) is 14.0. The van der Waals surface area contributed by atoms with Crippen molar-refractivity contribution in [2.45, 2.75) is 50.7 Å². The highest BCUT2D eigenvalue weighted by Crippen LogP contribution is 2.28. The van der Waals surface area contributed by atoms with Crippen LogP contribution in [-0.4, -0.2) is 35.5 Å². The van der Waals surface area contributed by atoms with Crippen LogP contribution in [0.3, 0.4) is 0 Å². The highest BCUT2D eigenvalue weighted by molar-refractivity contribution is 5.87. The maximum Gasteiger partial charge on any atom is 0.318 e. The molecule has 1 saturated heterocycles. The number of hydrogen-bond donors (Lipinski definition) is 2. The molecule has 1 aromatic rings. The van der Waals surface area contributed by atoms with Gasteiger partial charge in [0.2, 0.25) is 5.91 Å². The Bertz CT molecular complexity index is 496. The molecule has 2 heterocycles. The molecule has 0 unspecified atom stereocenters. The molecular weight excluding hydrogens is 270 g/mol. The smallest absolute Gasteiger partial charge is 0.318 e. The van der Waals surface area contributed by atoms with Crippen LogP contribution in [-0.2, 0) is 11.3 Å². The number of nitrogens with one attached hydrogen (secondary N) is 2. The van der Waals surface area contributed by atoms with Crippen molar-refractivity contribution in [1.82, 2.24) is 15.5 Å². The quantitative estimate of drug-likeness (QED) is 0.885. The summed E-state index contributed by atoms with van der Waals surface area (Å²) in [4.78, 5) is 26.2. The van der Waals surface area contributed by atoms with Gasteiger partial charge in [0.15, 0.2) is 0 Å². The molecule has 21 heavy (non-hydrogen) atoms. The van der Waals surface area contributed by atoms with Crippen molar-refractivity contribution in [2.75, 3.05) is 6.54 Å². The first-order valence-corrected chi connectivity index (χ1v) is 7.61. The minimum atomic E-state index is -0.419. The third-order valence-electron chi connectivity index (χ3n) is 3.99. The minimum Gasteiger partial charge on any atom is -0.467 e. The van der Waals surface area contributed by atoms with Gasteiger partial charge < -0.3 is 20.0 Å². The van der Waals surface area contributed by atoms with Gasteiger partial charge in [-0.05, 0) is 44.2 Å². The van der Waals surface area contributed by atoms with E-state index < -0.39 is 6.04 Å². The van der Waals surface area contributed by atoms with E-state index in [1.165, 1.54) is 0 Å². The second kappa shape index (κ2) is 6.20. The first-order chi connectivity index (χ1) is 10.2. The Morgan fingerprint density at radius 1 is 1.38 bits per heavy atom. The molecule has 0 radical (unpaired) electrons. The fraction of sp³-hybridized carbons (Fsp3) is 0.600. The third-order valence-corrected chi connectivity index (χ3v) is 3.99. The predicted octanol–water partition coefficient (Wildman–Crippen LogP) is 1.62. The largest absolute Gasteiger partial charge is 0.467 e. The van der Waals surface area contributed by atoms with Crippen LogP contribution in [0.15, 0.2) is 22.8 Å². The van der Waals surface area contributed by atoms with Crippen molar-refractivity contribution in [3.8, 4) is 0 Å². The summed E-state index contributed by atoms with van der Waals surface area (Å²) >= 11 is 0. The predicted molar refractivity (Wildman–Crippen MR) is 76.5 cm³/mol.